The molecular weight excluding hydrogens is 272 g/mol. The number of aromatic nitrogens is 2. The van der Waals surface area contributed by atoms with Crippen LogP contribution in [0.3, 0.4) is 0 Å². The average Bonchev–Trinajstić information content (AvgIpc) is 2.80. The molecule has 5 nitrogen and oxygen atoms in total. The highest BCUT2D eigenvalue weighted by Crippen LogP contribution is 2.27. The molecule has 2 aromatic rings. The average molecular weight is 290 g/mol. The molecular formula is C14H18N4OS. The predicted octanol–water partition coefficient (Wildman–Crippen LogP) is 3.79. The zero-order valence-electron chi connectivity index (χ0n) is 12.0. The van der Waals surface area contributed by atoms with E-state index >= 15 is 0 Å². The number of nitrogens with one attached hydrogen (secondary N) is 2. The van der Waals surface area contributed by atoms with Crippen molar-refractivity contribution in [1.82, 2.24) is 10.2 Å². The molecule has 0 radical (unpaired) electrons. The van der Waals surface area contributed by atoms with Gasteiger partial charge in [0, 0.05) is 11.1 Å². The van der Waals surface area contributed by atoms with Gasteiger partial charge < -0.3 is 5.32 Å². The molecule has 1 heterocycles. The van der Waals surface area contributed by atoms with E-state index in [1.807, 2.05) is 31.2 Å². The Morgan fingerprint density at radius 3 is 2.30 bits per heavy atom. The fourth-order valence-electron chi connectivity index (χ4n) is 1.47. The highest BCUT2D eigenvalue weighted by atomic mass is 32.1. The number of benzene rings is 1. The number of carbonyl (C=O) groups excluding carboxylic acids is 1. The van der Waals surface area contributed by atoms with Gasteiger partial charge in [0.1, 0.15) is 5.01 Å². The highest BCUT2D eigenvalue weighted by molar-refractivity contribution is 7.15. The van der Waals surface area contributed by atoms with E-state index in [0.717, 1.165) is 16.3 Å². The summed E-state index contributed by atoms with van der Waals surface area (Å²) in [6.45, 7) is 8.18. The van der Waals surface area contributed by atoms with Gasteiger partial charge in [-0.2, -0.15) is 0 Å². The standard InChI is InChI=1S/C14H18N4OS/c1-9-5-7-10(8-6-9)15-12(19)16-13-18-17-11(20-13)14(2,3)4/h5-8H,1-4H3,(H2,15,16,18,19). The summed E-state index contributed by atoms with van der Waals surface area (Å²) in [5.41, 5.74) is 1.83. The molecule has 0 spiro atoms. The van der Waals surface area contributed by atoms with Gasteiger partial charge in [0.15, 0.2) is 0 Å². The molecule has 2 amide bonds. The van der Waals surface area contributed by atoms with Crippen LogP contribution in [0.25, 0.3) is 0 Å². The van der Waals surface area contributed by atoms with Crippen LogP contribution in [-0.2, 0) is 5.41 Å². The van der Waals surface area contributed by atoms with Crippen molar-refractivity contribution >= 4 is 28.2 Å². The topological polar surface area (TPSA) is 66.9 Å². The Hall–Kier alpha value is -1.95. The highest BCUT2D eigenvalue weighted by Gasteiger charge is 2.19. The maximum absolute atomic E-state index is 11.8. The summed E-state index contributed by atoms with van der Waals surface area (Å²) in [7, 11) is 0. The largest absolute Gasteiger partial charge is 0.325 e. The van der Waals surface area contributed by atoms with E-state index in [1.54, 1.807) is 0 Å². The van der Waals surface area contributed by atoms with E-state index in [9.17, 15) is 4.79 Å². The Kier molecular flexibility index (Phi) is 4.04. The van der Waals surface area contributed by atoms with Crippen molar-refractivity contribution in [3.63, 3.8) is 0 Å². The SMILES string of the molecule is Cc1ccc(NC(=O)Nc2nnc(C(C)(C)C)s2)cc1. The minimum absolute atomic E-state index is 0.0645. The number of hydrogen-bond acceptors (Lipinski definition) is 4. The quantitative estimate of drug-likeness (QED) is 0.884. The fraction of sp³-hybridized carbons (Fsp3) is 0.357. The lowest BCUT2D eigenvalue weighted by Crippen LogP contribution is -2.19. The Morgan fingerprint density at radius 1 is 1.10 bits per heavy atom. The van der Waals surface area contributed by atoms with Crippen molar-refractivity contribution in [3.05, 3.63) is 34.8 Å². The number of aryl methyl sites for hydroxylation is 1. The first-order valence-corrected chi connectivity index (χ1v) is 7.15. The summed E-state index contributed by atoms with van der Waals surface area (Å²) in [6, 6.07) is 7.28. The summed E-state index contributed by atoms with van der Waals surface area (Å²) < 4.78 is 0. The van der Waals surface area contributed by atoms with E-state index in [4.69, 9.17) is 0 Å². The van der Waals surface area contributed by atoms with Gasteiger partial charge in [-0.05, 0) is 19.1 Å². The van der Waals surface area contributed by atoms with Crippen LogP contribution in [0.4, 0.5) is 15.6 Å². The van der Waals surface area contributed by atoms with Gasteiger partial charge in [-0.3, -0.25) is 5.32 Å². The van der Waals surface area contributed by atoms with E-state index in [2.05, 4.69) is 41.6 Å². The van der Waals surface area contributed by atoms with Crippen LogP contribution in [0.1, 0.15) is 31.3 Å². The van der Waals surface area contributed by atoms with Crippen LogP contribution in [0, 0.1) is 6.92 Å². The number of carbonyl (C=O) groups is 1. The van der Waals surface area contributed by atoms with Crippen LogP contribution in [0.2, 0.25) is 0 Å². The number of anilines is 2. The van der Waals surface area contributed by atoms with Gasteiger partial charge in [0.25, 0.3) is 0 Å². The van der Waals surface area contributed by atoms with Crippen LogP contribution in [0.15, 0.2) is 24.3 Å². The molecule has 0 bridgehead atoms. The summed E-state index contributed by atoms with van der Waals surface area (Å²) in [6.07, 6.45) is 0. The van der Waals surface area contributed by atoms with Crippen molar-refractivity contribution in [1.29, 1.82) is 0 Å². The van der Waals surface area contributed by atoms with Crippen molar-refractivity contribution in [2.24, 2.45) is 0 Å². The van der Waals surface area contributed by atoms with Gasteiger partial charge in [-0.25, -0.2) is 4.79 Å². The first kappa shape index (κ1) is 14.5. The maximum Gasteiger partial charge on any atom is 0.325 e. The van der Waals surface area contributed by atoms with E-state index in [0.29, 0.717) is 5.13 Å². The maximum atomic E-state index is 11.8. The van der Waals surface area contributed by atoms with Crippen LogP contribution < -0.4 is 10.6 Å². The van der Waals surface area contributed by atoms with Gasteiger partial charge in [-0.15, -0.1) is 10.2 Å². The molecule has 1 aromatic carbocycles. The number of nitrogens with zero attached hydrogens (tertiary/aromatic N) is 2. The third kappa shape index (κ3) is 3.77. The normalized spacial score (nSPS) is 11.2. The zero-order chi connectivity index (χ0) is 14.8. The molecule has 106 valence electrons. The molecule has 0 aliphatic carbocycles. The lowest BCUT2D eigenvalue weighted by atomic mass is 9.98. The van der Waals surface area contributed by atoms with Gasteiger partial charge in [-0.1, -0.05) is 49.8 Å². The Labute approximate surface area is 122 Å². The lowest BCUT2D eigenvalue weighted by molar-refractivity contribution is 0.262. The minimum Gasteiger partial charge on any atom is -0.308 e. The number of urea groups is 1. The van der Waals surface area contributed by atoms with E-state index in [1.165, 1.54) is 11.3 Å². The van der Waals surface area contributed by atoms with Gasteiger partial charge in [0.05, 0.1) is 0 Å². The molecule has 0 unspecified atom stereocenters. The zero-order valence-corrected chi connectivity index (χ0v) is 12.8. The molecule has 2 N–H and O–H groups in total. The lowest BCUT2D eigenvalue weighted by Gasteiger charge is -2.12. The smallest absolute Gasteiger partial charge is 0.308 e. The summed E-state index contributed by atoms with van der Waals surface area (Å²) >= 11 is 1.39. The van der Waals surface area contributed by atoms with E-state index < -0.39 is 0 Å². The minimum atomic E-state index is -0.314. The van der Waals surface area contributed by atoms with Gasteiger partial charge >= 0.3 is 6.03 Å². The molecule has 0 aliphatic rings. The number of amides is 2. The number of hydrogen-bond donors (Lipinski definition) is 2. The summed E-state index contributed by atoms with van der Waals surface area (Å²) in [5.74, 6) is 0. The molecule has 20 heavy (non-hydrogen) atoms. The first-order chi connectivity index (χ1) is 9.34. The van der Waals surface area contributed by atoms with Crippen molar-refractivity contribution in [2.45, 2.75) is 33.1 Å². The Balaban J connectivity index is 1.98. The van der Waals surface area contributed by atoms with Crippen molar-refractivity contribution in [3.8, 4) is 0 Å². The van der Waals surface area contributed by atoms with Crippen LogP contribution >= 0.6 is 11.3 Å². The molecule has 0 fully saturated rings. The van der Waals surface area contributed by atoms with Crippen LogP contribution in [-0.4, -0.2) is 16.2 Å². The Morgan fingerprint density at radius 2 is 1.75 bits per heavy atom. The predicted molar refractivity (Wildman–Crippen MR) is 82.4 cm³/mol. The van der Waals surface area contributed by atoms with E-state index in [-0.39, 0.29) is 11.4 Å². The second-order valence-electron chi connectivity index (χ2n) is 5.61. The second kappa shape index (κ2) is 5.58. The molecule has 0 saturated carbocycles. The Bertz CT molecular complexity index is 598. The first-order valence-electron chi connectivity index (χ1n) is 6.33. The number of rotatable bonds is 2. The second-order valence-corrected chi connectivity index (χ2v) is 6.59. The van der Waals surface area contributed by atoms with Crippen molar-refractivity contribution in [2.75, 3.05) is 10.6 Å². The molecule has 2 rings (SSSR count). The molecule has 0 saturated heterocycles. The summed E-state index contributed by atoms with van der Waals surface area (Å²) in [4.78, 5) is 11.8. The van der Waals surface area contributed by atoms with Crippen molar-refractivity contribution < 1.29 is 4.79 Å². The fourth-order valence-corrected chi connectivity index (χ4v) is 2.27. The molecule has 1 aromatic heterocycles. The summed E-state index contributed by atoms with van der Waals surface area (Å²) in [5, 5.41) is 14.9. The molecule has 6 heteroatoms. The third-order valence-corrected chi connectivity index (χ3v) is 3.86. The molecule has 0 aliphatic heterocycles. The van der Waals surface area contributed by atoms with Crippen LogP contribution in [0.5, 0.6) is 0 Å². The van der Waals surface area contributed by atoms with Gasteiger partial charge in [0.2, 0.25) is 5.13 Å². The monoisotopic (exact) mass is 290 g/mol. The third-order valence-electron chi connectivity index (χ3n) is 2.60. The molecule has 0 atom stereocenters.